The molecule has 0 spiro atoms. The number of amides is 1. The van der Waals surface area contributed by atoms with E-state index >= 15 is 0 Å². The molecule has 1 aliphatic rings. The van der Waals surface area contributed by atoms with Gasteiger partial charge in [-0.3, -0.25) is 4.79 Å². The minimum atomic E-state index is -0.377. The van der Waals surface area contributed by atoms with E-state index in [2.05, 4.69) is 36.1 Å². The molecule has 130 valence electrons. The Bertz CT molecular complexity index is 688. The van der Waals surface area contributed by atoms with Gasteiger partial charge in [0.25, 0.3) is 0 Å². The number of fused-ring (bicyclic) bond motifs is 1. The second kappa shape index (κ2) is 6.93. The number of nitrogens with one attached hydrogen (secondary N) is 1. The summed E-state index contributed by atoms with van der Waals surface area (Å²) in [6, 6.07) is 4.11. The van der Waals surface area contributed by atoms with Gasteiger partial charge in [0.05, 0.1) is 5.41 Å². The van der Waals surface area contributed by atoms with E-state index in [9.17, 15) is 4.79 Å². The first kappa shape index (κ1) is 17.0. The lowest BCUT2D eigenvalue weighted by Gasteiger charge is -2.39. The smallest absolute Gasteiger partial charge is 0.230 e. The molecule has 0 bridgehead atoms. The van der Waals surface area contributed by atoms with Gasteiger partial charge in [-0.1, -0.05) is 13.8 Å². The first-order chi connectivity index (χ1) is 11.6. The van der Waals surface area contributed by atoms with Gasteiger partial charge >= 0.3 is 0 Å². The zero-order valence-corrected chi connectivity index (χ0v) is 14.7. The van der Waals surface area contributed by atoms with E-state index in [1.165, 1.54) is 10.9 Å². The highest BCUT2D eigenvalue weighted by Gasteiger charge is 2.38. The summed E-state index contributed by atoms with van der Waals surface area (Å²) >= 11 is 0. The molecule has 5 nitrogen and oxygen atoms in total. The molecule has 5 heteroatoms. The fraction of sp³-hybridized carbons (Fsp3) is 0.579. The van der Waals surface area contributed by atoms with Crippen LogP contribution in [0.2, 0.25) is 0 Å². The van der Waals surface area contributed by atoms with Crippen LogP contribution in [0.1, 0.15) is 51.0 Å². The Balaban J connectivity index is 1.71. The molecule has 3 heterocycles. The van der Waals surface area contributed by atoms with Crippen LogP contribution >= 0.6 is 0 Å². The zero-order chi connectivity index (χ0) is 17.2. The lowest BCUT2D eigenvalue weighted by Crippen LogP contribution is -2.49. The topological polar surface area (TPSA) is 75.0 Å². The highest BCUT2D eigenvalue weighted by atomic mass is 16.2. The van der Waals surface area contributed by atoms with Crippen molar-refractivity contribution in [3.05, 3.63) is 30.1 Å². The van der Waals surface area contributed by atoms with E-state index in [4.69, 9.17) is 5.73 Å². The van der Waals surface area contributed by atoms with Crippen molar-refractivity contribution in [3.63, 3.8) is 0 Å². The van der Waals surface area contributed by atoms with Gasteiger partial charge < -0.3 is 15.6 Å². The third-order valence-electron chi connectivity index (χ3n) is 5.90. The Morgan fingerprint density at radius 3 is 2.71 bits per heavy atom. The number of pyridine rings is 1. The van der Waals surface area contributed by atoms with Gasteiger partial charge in [-0.15, -0.1) is 0 Å². The highest BCUT2D eigenvalue weighted by molar-refractivity contribution is 5.83. The molecule has 0 atom stereocenters. The van der Waals surface area contributed by atoms with Crippen molar-refractivity contribution in [1.82, 2.24) is 14.9 Å². The van der Waals surface area contributed by atoms with Crippen molar-refractivity contribution in [3.8, 4) is 0 Å². The molecule has 3 N–H and O–H groups in total. The number of H-pyrrole nitrogens is 1. The number of nitrogens with two attached hydrogens (primary N) is 1. The maximum Gasteiger partial charge on any atom is 0.230 e. The van der Waals surface area contributed by atoms with Gasteiger partial charge in [-0.25, -0.2) is 4.98 Å². The Morgan fingerprint density at radius 1 is 1.38 bits per heavy atom. The fourth-order valence-electron chi connectivity index (χ4n) is 3.97. The largest absolute Gasteiger partial charge is 0.346 e. The summed E-state index contributed by atoms with van der Waals surface area (Å²) in [5.74, 6) is 0.733. The zero-order valence-electron chi connectivity index (χ0n) is 14.7. The maximum absolute atomic E-state index is 12.9. The minimum Gasteiger partial charge on any atom is -0.346 e. The summed E-state index contributed by atoms with van der Waals surface area (Å²) in [6.45, 7) is 6.21. The van der Waals surface area contributed by atoms with Crippen LogP contribution in [-0.4, -0.2) is 40.4 Å². The molecule has 3 rings (SSSR count). The SMILES string of the molecule is CCC(CC)(CN)C(=O)N1CCC(c2c[nH]c3ncccc23)CC1. The summed E-state index contributed by atoms with van der Waals surface area (Å²) in [5, 5.41) is 1.21. The molecule has 2 aromatic rings. The Labute approximate surface area is 143 Å². The average Bonchev–Trinajstić information content (AvgIpc) is 3.08. The third kappa shape index (κ3) is 2.81. The number of hydrogen-bond acceptors (Lipinski definition) is 3. The molecule has 24 heavy (non-hydrogen) atoms. The second-order valence-corrected chi connectivity index (χ2v) is 6.90. The normalized spacial score (nSPS) is 16.7. The van der Waals surface area contributed by atoms with E-state index < -0.39 is 0 Å². The molecule has 2 aromatic heterocycles. The molecule has 0 saturated carbocycles. The molecule has 1 aliphatic heterocycles. The van der Waals surface area contributed by atoms with Gasteiger partial charge in [0.1, 0.15) is 5.65 Å². The van der Waals surface area contributed by atoms with E-state index in [0.29, 0.717) is 12.5 Å². The third-order valence-corrected chi connectivity index (χ3v) is 5.90. The van der Waals surface area contributed by atoms with Crippen molar-refractivity contribution < 1.29 is 4.79 Å². The minimum absolute atomic E-state index is 0.244. The van der Waals surface area contributed by atoms with Gasteiger partial charge in [0.15, 0.2) is 0 Å². The van der Waals surface area contributed by atoms with Crippen LogP contribution in [0.4, 0.5) is 0 Å². The highest BCUT2D eigenvalue weighted by Crippen LogP contribution is 2.35. The van der Waals surface area contributed by atoms with Crippen LogP contribution in [0.3, 0.4) is 0 Å². The predicted molar refractivity (Wildman–Crippen MR) is 96.7 cm³/mol. The van der Waals surface area contributed by atoms with Crippen molar-refractivity contribution >= 4 is 16.9 Å². The summed E-state index contributed by atoms with van der Waals surface area (Å²) in [4.78, 5) is 22.6. The van der Waals surface area contributed by atoms with Crippen LogP contribution in [-0.2, 0) is 4.79 Å². The number of aromatic amines is 1. The van der Waals surface area contributed by atoms with Gasteiger partial charge in [-0.05, 0) is 49.3 Å². The first-order valence-electron chi connectivity index (χ1n) is 9.06. The lowest BCUT2D eigenvalue weighted by atomic mass is 9.80. The summed E-state index contributed by atoms with van der Waals surface area (Å²) in [6.07, 6.45) is 7.52. The molecule has 0 aliphatic carbocycles. The van der Waals surface area contributed by atoms with Gasteiger partial charge in [0, 0.05) is 37.4 Å². The van der Waals surface area contributed by atoms with Crippen molar-refractivity contribution in [1.29, 1.82) is 0 Å². The summed E-state index contributed by atoms with van der Waals surface area (Å²) < 4.78 is 0. The fourth-order valence-corrected chi connectivity index (χ4v) is 3.97. The number of carbonyl (C=O) groups excluding carboxylic acids is 1. The average molecular weight is 328 g/mol. The second-order valence-electron chi connectivity index (χ2n) is 6.90. The Hall–Kier alpha value is -1.88. The number of hydrogen-bond donors (Lipinski definition) is 2. The van der Waals surface area contributed by atoms with E-state index in [1.807, 2.05) is 17.2 Å². The van der Waals surface area contributed by atoms with Crippen LogP contribution in [0.25, 0.3) is 11.0 Å². The van der Waals surface area contributed by atoms with E-state index in [-0.39, 0.29) is 11.3 Å². The Kier molecular flexibility index (Phi) is 4.90. The predicted octanol–water partition coefficient (Wildman–Crippen LogP) is 3.03. The van der Waals surface area contributed by atoms with Crippen LogP contribution in [0.5, 0.6) is 0 Å². The number of piperidine rings is 1. The van der Waals surface area contributed by atoms with Crippen molar-refractivity contribution in [2.24, 2.45) is 11.1 Å². The van der Waals surface area contributed by atoms with Crippen molar-refractivity contribution in [2.45, 2.75) is 45.4 Å². The maximum atomic E-state index is 12.9. The lowest BCUT2D eigenvalue weighted by molar-refractivity contribution is -0.143. The summed E-state index contributed by atoms with van der Waals surface area (Å²) in [7, 11) is 0. The molecule has 1 fully saturated rings. The monoisotopic (exact) mass is 328 g/mol. The van der Waals surface area contributed by atoms with Crippen molar-refractivity contribution in [2.75, 3.05) is 19.6 Å². The van der Waals surface area contributed by atoms with Crippen LogP contribution in [0, 0.1) is 5.41 Å². The van der Waals surface area contributed by atoms with E-state index in [1.54, 1.807) is 0 Å². The van der Waals surface area contributed by atoms with Crippen LogP contribution < -0.4 is 5.73 Å². The van der Waals surface area contributed by atoms with Crippen LogP contribution in [0.15, 0.2) is 24.5 Å². The number of aromatic nitrogens is 2. The van der Waals surface area contributed by atoms with Gasteiger partial charge in [-0.2, -0.15) is 0 Å². The first-order valence-corrected chi connectivity index (χ1v) is 9.06. The van der Waals surface area contributed by atoms with Gasteiger partial charge in [0.2, 0.25) is 5.91 Å². The molecule has 0 aromatic carbocycles. The quantitative estimate of drug-likeness (QED) is 0.886. The number of likely N-dealkylation sites (tertiary alicyclic amines) is 1. The summed E-state index contributed by atoms with van der Waals surface area (Å²) in [5.41, 5.74) is 7.85. The Morgan fingerprint density at radius 2 is 2.08 bits per heavy atom. The number of nitrogens with zero attached hydrogens (tertiary/aromatic N) is 2. The molecule has 0 radical (unpaired) electrons. The molecular weight excluding hydrogens is 300 g/mol. The number of rotatable bonds is 5. The van der Waals surface area contributed by atoms with E-state index in [0.717, 1.165) is 44.4 Å². The number of carbonyl (C=O) groups is 1. The molecule has 0 unspecified atom stereocenters. The molecule has 1 amide bonds. The molecular formula is C19H28N4O. The standard InChI is InChI=1S/C19H28N4O/c1-3-19(4-2,13-20)18(24)23-10-7-14(8-11-23)16-12-22-17-15(16)6-5-9-21-17/h5-6,9,12,14H,3-4,7-8,10-11,13,20H2,1-2H3,(H,21,22). The molecule has 1 saturated heterocycles.